The minimum atomic E-state index is -4.70. The van der Waals surface area contributed by atoms with Crippen molar-refractivity contribution in [2.45, 2.75) is 44.4 Å². The maximum atomic E-state index is 15.5. The largest absolute Gasteiger partial charge is 0.444 e. The summed E-state index contributed by atoms with van der Waals surface area (Å²) in [6.07, 6.45) is 2.34. The normalized spacial score (nSPS) is 12.3. The summed E-state index contributed by atoms with van der Waals surface area (Å²) in [6, 6.07) is 2.37. The van der Waals surface area contributed by atoms with Gasteiger partial charge in [0.2, 0.25) is 5.95 Å². The zero-order chi connectivity index (χ0) is 25.4. The van der Waals surface area contributed by atoms with Gasteiger partial charge in [-0.2, -0.15) is 18.3 Å². The van der Waals surface area contributed by atoms with Crippen molar-refractivity contribution in [3.63, 3.8) is 0 Å². The lowest BCUT2D eigenvalue weighted by atomic mass is 10.1. The molecule has 0 aliphatic heterocycles. The van der Waals surface area contributed by atoms with Crippen molar-refractivity contribution in [1.29, 1.82) is 0 Å². The van der Waals surface area contributed by atoms with E-state index < -0.39 is 62.7 Å². The molecule has 34 heavy (non-hydrogen) atoms. The highest BCUT2D eigenvalue weighted by molar-refractivity contribution is 7.90. The van der Waals surface area contributed by atoms with E-state index in [-0.39, 0.29) is 10.2 Å². The van der Waals surface area contributed by atoms with E-state index in [4.69, 9.17) is 4.74 Å². The van der Waals surface area contributed by atoms with E-state index in [1.54, 1.807) is 20.8 Å². The number of pyridine rings is 1. The van der Waals surface area contributed by atoms with Gasteiger partial charge in [-0.1, -0.05) is 0 Å². The van der Waals surface area contributed by atoms with Gasteiger partial charge in [0.15, 0.2) is 5.82 Å². The molecule has 14 heteroatoms. The van der Waals surface area contributed by atoms with Gasteiger partial charge in [0.25, 0.3) is 10.0 Å². The number of rotatable bonds is 6. The standard InChI is InChI=1S/C20H21F4N5O4S/c1-20(2,3)33-19(30)27(4)9-12-10-29(16(15(12)21)14-6-5-7-25-17(14)22)34(31,32)13-8-26-28(11-13)18(23)24/h5-8,10-11,18H,9H2,1-4H3. The van der Waals surface area contributed by atoms with Crippen LogP contribution in [0.25, 0.3) is 11.3 Å². The Balaban J connectivity index is 2.13. The van der Waals surface area contributed by atoms with E-state index in [9.17, 15) is 26.4 Å². The highest BCUT2D eigenvalue weighted by atomic mass is 32.2. The van der Waals surface area contributed by atoms with Crippen LogP contribution >= 0.6 is 0 Å². The lowest BCUT2D eigenvalue weighted by Gasteiger charge is -2.24. The van der Waals surface area contributed by atoms with Crippen LogP contribution in [-0.4, -0.2) is 50.8 Å². The Morgan fingerprint density at radius 3 is 2.47 bits per heavy atom. The Morgan fingerprint density at radius 1 is 1.24 bits per heavy atom. The third-order valence-corrected chi connectivity index (χ3v) is 6.06. The molecule has 0 aliphatic carbocycles. The van der Waals surface area contributed by atoms with Crippen molar-refractivity contribution in [1.82, 2.24) is 23.6 Å². The van der Waals surface area contributed by atoms with Crippen LogP contribution in [0.4, 0.5) is 22.4 Å². The first-order valence-electron chi connectivity index (χ1n) is 9.75. The summed E-state index contributed by atoms with van der Waals surface area (Å²) in [5, 5.41) is 3.29. The molecule has 0 saturated carbocycles. The average molecular weight is 503 g/mol. The minimum absolute atomic E-state index is 0.105. The Morgan fingerprint density at radius 2 is 1.91 bits per heavy atom. The van der Waals surface area contributed by atoms with Crippen LogP contribution in [0.3, 0.4) is 0 Å². The van der Waals surface area contributed by atoms with E-state index in [1.807, 2.05) is 0 Å². The number of aromatic nitrogens is 4. The molecule has 3 aromatic rings. The molecule has 0 aliphatic rings. The first kappa shape index (κ1) is 25.2. The molecule has 9 nitrogen and oxygen atoms in total. The minimum Gasteiger partial charge on any atom is -0.444 e. The number of ether oxygens (including phenoxy) is 1. The second-order valence-corrected chi connectivity index (χ2v) is 10.0. The Kier molecular flexibility index (Phi) is 6.73. The summed E-state index contributed by atoms with van der Waals surface area (Å²) in [5.74, 6) is -2.31. The summed E-state index contributed by atoms with van der Waals surface area (Å²) in [5.41, 5.74) is -2.34. The second kappa shape index (κ2) is 9.08. The van der Waals surface area contributed by atoms with Gasteiger partial charge in [0.05, 0.1) is 24.5 Å². The molecule has 0 spiro atoms. The summed E-state index contributed by atoms with van der Waals surface area (Å²) in [6.45, 7) is 1.34. The van der Waals surface area contributed by atoms with Crippen molar-refractivity contribution >= 4 is 16.1 Å². The van der Waals surface area contributed by atoms with Gasteiger partial charge >= 0.3 is 12.6 Å². The number of hydrogen-bond acceptors (Lipinski definition) is 6. The Labute approximate surface area is 192 Å². The zero-order valence-corrected chi connectivity index (χ0v) is 19.4. The van der Waals surface area contributed by atoms with Crippen LogP contribution in [0.15, 0.2) is 41.8 Å². The van der Waals surface area contributed by atoms with Crippen molar-refractivity contribution in [2.75, 3.05) is 7.05 Å². The lowest BCUT2D eigenvalue weighted by Crippen LogP contribution is -2.33. The van der Waals surface area contributed by atoms with Gasteiger partial charge in [0.1, 0.15) is 16.2 Å². The zero-order valence-electron chi connectivity index (χ0n) is 18.5. The molecule has 0 saturated heterocycles. The first-order chi connectivity index (χ1) is 15.7. The summed E-state index contributed by atoms with van der Waals surface area (Å²) in [7, 11) is -3.40. The predicted octanol–water partition coefficient (Wildman–Crippen LogP) is 4.02. The molecule has 0 N–H and O–H groups in total. The number of hydrogen-bond donors (Lipinski definition) is 0. The van der Waals surface area contributed by atoms with Crippen molar-refractivity contribution < 1.29 is 35.5 Å². The SMILES string of the molecule is CN(Cc1cn(S(=O)(=O)c2cnn(C(F)F)c2)c(-c2cccnc2F)c1F)C(=O)OC(C)(C)C. The maximum Gasteiger partial charge on any atom is 0.410 e. The van der Waals surface area contributed by atoms with E-state index in [0.717, 1.165) is 23.4 Å². The molecular formula is C20H21F4N5O4S. The van der Waals surface area contributed by atoms with E-state index in [2.05, 4.69) is 10.1 Å². The Bertz CT molecular complexity index is 1310. The van der Waals surface area contributed by atoms with Crippen molar-refractivity contribution in [3.05, 3.63) is 54.2 Å². The molecule has 0 bridgehead atoms. The van der Waals surface area contributed by atoms with Crippen LogP contribution in [0, 0.1) is 11.8 Å². The molecule has 3 rings (SSSR count). The summed E-state index contributed by atoms with van der Waals surface area (Å²) < 4.78 is 87.9. The van der Waals surface area contributed by atoms with Crippen LogP contribution in [0.5, 0.6) is 0 Å². The molecule has 0 atom stereocenters. The van der Waals surface area contributed by atoms with Gasteiger partial charge < -0.3 is 9.64 Å². The smallest absolute Gasteiger partial charge is 0.410 e. The van der Waals surface area contributed by atoms with Crippen LogP contribution < -0.4 is 0 Å². The fraction of sp³-hybridized carbons (Fsp3) is 0.350. The first-order valence-corrected chi connectivity index (χ1v) is 11.2. The molecular weight excluding hydrogens is 482 g/mol. The number of nitrogens with zero attached hydrogens (tertiary/aromatic N) is 5. The van der Waals surface area contributed by atoms with E-state index in [0.29, 0.717) is 16.4 Å². The number of amides is 1. The quantitative estimate of drug-likeness (QED) is 0.372. The van der Waals surface area contributed by atoms with Crippen molar-refractivity contribution in [3.8, 4) is 11.3 Å². The lowest BCUT2D eigenvalue weighted by molar-refractivity contribution is 0.0283. The van der Waals surface area contributed by atoms with Gasteiger partial charge in [-0.15, -0.1) is 0 Å². The summed E-state index contributed by atoms with van der Waals surface area (Å²) in [4.78, 5) is 16.0. The average Bonchev–Trinajstić information content (AvgIpc) is 3.34. The van der Waals surface area contributed by atoms with Crippen LogP contribution in [0.1, 0.15) is 32.9 Å². The molecule has 0 unspecified atom stereocenters. The highest BCUT2D eigenvalue weighted by Crippen LogP contribution is 2.32. The highest BCUT2D eigenvalue weighted by Gasteiger charge is 2.31. The van der Waals surface area contributed by atoms with Crippen LogP contribution in [-0.2, 0) is 21.3 Å². The maximum absolute atomic E-state index is 15.5. The van der Waals surface area contributed by atoms with Crippen molar-refractivity contribution in [2.24, 2.45) is 0 Å². The van der Waals surface area contributed by atoms with Gasteiger partial charge in [-0.05, 0) is 32.9 Å². The topological polar surface area (TPSA) is 99.3 Å². The molecule has 0 aromatic carbocycles. The molecule has 3 aromatic heterocycles. The van der Waals surface area contributed by atoms with Gasteiger partial charge in [-0.25, -0.2) is 31.2 Å². The second-order valence-electron chi connectivity index (χ2n) is 8.23. The van der Waals surface area contributed by atoms with Crippen LogP contribution in [0.2, 0.25) is 0 Å². The molecule has 184 valence electrons. The number of halogens is 4. The molecule has 0 fully saturated rings. The van der Waals surface area contributed by atoms with E-state index >= 15 is 4.39 Å². The third-order valence-electron chi connectivity index (χ3n) is 4.44. The molecule has 1 amide bonds. The number of carbonyl (C=O) groups excluding carboxylic acids is 1. The van der Waals surface area contributed by atoms with Gasteiger partial charge in [-0.3, -0.25) is 0 Å². The van der Waals surface area contributed by atoms with Gasteiger partial charge in [0, 0.05) is 25.0 Å². The monoisotopic (exact) mass is 503 g/mol. The number of carbonyl (C=O) groups is 1. The molecule has 0 radical (unpaired) electrons. The summed E-state index contributed by atoms with van der Waals surface area (Å²) >= 11 is 0. The number of alkyl halides is 2. The predicted molar refractivity (Wildman–Crippen MR) is 111 cm³/mol. The third kappa shape index (κ3) is 5.05. The fourth-order valence-electron chi connectivity index (χ4n) is 2.95. The fourth-order valence-corrected chi connectivity index (χ4v) is 4.28. The van der Waals surface area contributed by atoms with E-state index in [1.165, 1.54) is 13.1 Å². The Hall–Kier alpha value is -3.42. The molecule has 3 heterocycles.